The van der Waals surface area contributed by atoms with Gasteiger partial charge < -0.3 is 15.3 Å². The van der Waals surface area contributed by atoms with E-state index in [0.717, 1.165) is 38.2 Å². The van der Waals surface area contributed by atoms with Gasteiger partial charge in [-0.1, -0.05) is 44.2 Å². The van der Waals surface area contributed by atoms with E-state index in [0.29, 0.717) is 6.54 Å². The van der Waals surface area contributed by atoms with Gasteiger partial charge in [-0.05, 0) is 38.2 Å². The number of hydrogen-bond acceptors (Lipinski definition) is 3. The highest BCUT2D eigenvalue weighted by Crippen LogP contribution is 2.10. The molecule has 1 atom stereocenters. The quantitative estimate of drug-likeness (QED) is 0.658. The van der Waals surface area contributed by atoms with Crippen molar-refractivity contribution in [1.82, 2.24) is 10.2 Å². The van der Waals surface area contributed by atoms with E-state index in [1.807, 2.05) is 30.3 Å². The first-order chi connectivity index (χ1) is 8.77. The van der Waals surface area contributed by atoms with E-state index in [4.69, 9.17) is 0 Å². The summed E-state index contributed by atoms with van der Waals surface area (Å²) in [6.07, 6.45) is 0.725. The molecule has 18 heavy (non-hydrogen) atoms. The molecule has 0 saturated heterocycles. The number of nitrogens with zero attached hydrogens (tertiary/aromatic N) is 1. The molecule has 1 aromatic rings. The molecule has 1 aromatic carbocycles. The first-order valence-electron chi connectivity index (χ1n) is 6.94. The first kappa shape index (κ1) is 15.2. The van der Waals surface area contributed by atoms with Gasteiger partial charge in [-0.3, -0.25) is 0 Å². The highest BCUT2D eigenvalue weighted by atomic mass is 16.3. The molecule has 0 heterocycles. The van der Waals surface area contributed by atoms with Crippen LogP contribution >= 0.6 is 0 Å². The summed E-state index contributed by atoms with van der Waals surface area (Å²) in [5.41, 5.74) is 0.980. The number of rotatable bonds is 9. The van der Waals surface area contributed by atoms with Gasteiger partial charge in [0.1, 0.15) is 0 Å². The molecule has 0 aliphatic heterocycles. The van der Waals surface area contributed by atoms with Gasteiger partial charge in [0.25, 0.3) is 0 Å². The Kier molecular flexibility index (Phi) is 7.65. The van der Waals surface area contributed by atoms with E-state index in [-0.39, 0.29) is 0 Å². The standard InChI is InChI=1S/C15H26N2O/c1-3-17(4-2)12-8-11-16-13-15(18)14-9-6-5-7-10-14/h5-7,9-10,15-16,18H,3-4,8,11-13H2,1-2H3. The largest absolute Gasteiger partial charge is 0.387 e. The molecule has 0 saturated carbocycles. The van der Waals surface area contributed by atoms with Crippen LogP contribution in [0.15, 0.2) is 30.3 Å². The van der Waals surface area contributed by atoms with Crippen molar-refractivity contribution in [1.29, 1.82) is 0 Å². The third kappa shape index (κ3) is 5.63. The molecule has 2 N–H and O–H groups in total. The van der Waals surface area contributed by atoms with Crippen molar-refractivity contribution in [3.8, 4) is 0 Å². The zero-order valence-corrected chi connectivity index (χ0v) is 11.6. The van der Waals surface area contributed by atoms with Crippen LogP contribution in [-0.4, -0.2) is 42.7 Å². The number of aliphatic hydroxyl groups excluding tert-OH is 1. The molecular formula is C15H26N2O. The molecule has 1 rings (SSSR count). The van der Waals surface area contributed by atoms with Crippen LogP contribution in [0.1, 0.15) is 31.9 Å². The SMILES string of the molecule is CCN(CC)CCCNCC(O)c1ccccc1. The summed E-state index contributed by atoms with van der Waals surface area (Å²) in [4.78, 5) is 2.41. The van der Waals surface area contributed by atoms with Crippen LogP contribution in [0.5, 0.6) is 0 Å². The smallest absolute Gasteiger partial charge is 0.0914 e. The number of benzene rings is 1. The molecule has 0 aliphatic rings. The maximum Gasteiger partial charge on any atom is 0.0914 e. The second-order valence-electron chi connectivity index (χ2n) is 4.51. The zero-order valence-electron chi connectivity index (χ0n) is 11.6. The molecular weight excluding hydrogens is 224 g/mol. The highest BCUT2D eigenvalue weighted by molar-refractivity contribution is 5.17. The monoisotopic (exact) mass is 250 g/mol. The molecule has 0 amide bonds. The van der Waals surface area contributed by atoms with E-state index < -0.39 is 6.10 Å². The second kappa shape index (κ2) is 9.09. The fraction of sp³-hybridized carbons (Fsp3) is 0.600. The third-order valence-electron chi connectivity index (χ3n) is 3.24. The van der Waals surface area contributed by atoms with Crippen molar-refractivity contribution in [2.24, 2.45) is 0 Å². The topological polar surface area (TPSA) is 35.5 Å². The molecule has 0 aliphatic carbocycles. The minimum atomic E-state index is -0.403. The lowest BCUT2D eigenvalue weighted by Crippen LogP contribution is -2.28. The second-order valence-corrected chi connectivity index (χ2v) is 4.51. The summed E-state index contributed by atoms with van der Waals surface area (Å²) >= 11 is 0. The van der Waals surface area contributed by atoms with Gasteiger partial charge in [-0.25, -0.2) is 0 Å². The van der Waals surface area contributed by atoms with Gasteiger partial charge in [0, 0.05) is 6.54 Å². The number of nitrogens with one attached hydrogen (secondary N) is 1. The summed E-state index contributed by atoms with van der Waals surface area (Å²) in [7, 11) is 0. The molecule has 3 heteroatoms. The summed E-state index contributed by atoms with van der Waals surface area (Å²) in [5, 5.41) is 13.3. The van der Waals surface area contributed by atoms with E-state index in [1.54, 1.807) is 0 Å². The lowest BCUT2D eigenvalue weighted by Gasteiger charge is -2.18. The predicted molar refractivity (Wildman–Crippen MR) is 76.7 cm³/mol. The molecule has 102 valence electrons. The Morgan fingerprint density at radius 3 is 2.44 bits per heavy atom. The van der Waals surface area contributed by atoms with Crippen LogP contribution in [0.4, 0.5) is 0 Å². The van der Waals surface area contributed by atoms with Crippen molar-refractivity contribution < 1.29 is 5.11 Å². The molecule has 0 radical (unpaired) electrons. The van der Waals surface area contributed by atoms with Gasteiger partial charge in [-0.2, -0.15) is 0 Å². The van der Waals surface area contributed by atoms with Gasteiger partial charge >= 0.3 is 0 Å². The minimum Gasteiger partial charge on any atom is -0.387 e. The van der Waals surface area contributed by atoms with Crippen molar-refractivity contribution in [3.05, 3.63) is 35.9 Å². The molecule has 3 nitrogen and oxygen atoms in total. The Bertz CT molecular complexity index is 299. The van der Waals surface area contributed by atoms with Crippen LogP contribution in [-0.2, 0) is 0 Å². The zero-order chi connectivity index (χ0) is 13.2. The van der Waals surface area contributed by atoms with Crippen LogP contribution < -0.4 is 5.32 Å². The van der Waals surface area contributed by atoms with Gasteiger partial charge in [-0.15, -0.1) is 0 Å². The van der Waals surface area contributed by atoms with Crippen molar-refractivity contribution >= 4 is 0 Å². The molecule has 1 unspecified atom stereocenters. The van der Waals surface area contributed by atoms with Crippen LogP contribution in [0.2, 0.25) is 0 Å². The van der Waals surface area contributed by atoms with Crippen molar-refractivity contribution in [2.75, 3.05) is 32.7 Å². The van der Waals surface area contributed by atoms with Crippen LogP contribution in [0, 0.1) is 0 Å². The average Bonchev–Trinajstić information content (AvgIpc) is 2.43. The summed E-state index contributed by atoms with van der Waals surface area (Å²) in [6, 6.07) is 9.80. The first-order valence-corrected chi connectivity index (χ1v) is 6.94. The van der Waals surface area contributed by atoms with E-state index in [9.17, 15) is 5.11 Å². The van der Waals surface area contributed by atoms with Crippen LogP contribution in [0.3, 0.4) is 0 Å². The predicted octanol–water partition coefficient (Wildman–Crippen LogP) is 2.04. The van der Waals surface area contributed by atoms with E-state index in [2.05, 4.69) is 24.1 Å². The lowest BCUT2D eigenvalue weighted by molar-refractivity contribution is 0.174. The average molecular weight is 250 g/mol. The Morgan fingerprint density at radius 1 is 1.17 bits per heavy atom. The molecule has 0 aromatic heterocycles. The fourth-order valence-corrected chi connectivity index (χ4v) is 2.00. The van der Waals surface area contributed by atoms with Crippen molar-refractivity contribution in [2.45, 2.75) is 26.4 Å². The maximum absolute atomic E-state index is 9.95. The van der Waals surface area contributed by atoms with E-state index >= 15 is 0 Å². The van der Waals surface area contributed by atoms with Gasteiger partial charge in [0.15, 0.2) is 0 Å². The van der Waals surface area contributed by atoms with Crippen LogP contribution in [0.25, 0.3) is 0 Å². The Balaban J connectivity index is 2.11. The third-order valence-corrected chi connectivity index (χ3v) is 3.24. The minimum absolute atomic E-state index is 0.403. The van der Waals surface area contributed by atoms with Gasteiger partial charge in [0.2, 0.25) is 0 Å². The maximum atomic E-state index is 9.95. The normalized spacial score (nSPS) is 12.9. The summed E-state index contributed by atoms with van der Waals surface area (Å²) < 4.78 is 0. The van der Waals surface area contributed by atoms with Gasteiger partial charge in [0.05, 0.1) is 6.10 Å². The Labute approximate surface area is 111 Å². The summed E-state index contributed by atoms with van der Waals surface area (Å²) in [5.74, 6) is 0. The van der Waals surface area contributed by atoms with Crippen molar-refractivity contribution in [3.63, 3.8) is 0 Å². The fourth-order valence-electron chi connectivity index (χ4n) is 2.00. The Hall–Kier alpha value is -0.900. The van der Waals surface area contributed by atoms with E-state index in [1.165, 1.54) is 0 Å². The number of aliphatic hydroxyl groups is 1. The highest BCUT2D eigenvalue weighted by Gasteiger charge is 2.05. The molecule has 0 bridgehead atoms. The number of hydrogen-bond donors (Lipinski definition) is 2. The Morgan fingerprint density at radius 2 is 1.83 bits per heavy atom. The molecule has 0 fully saturated rings. The molecule has 0 spiro atoms. The summed E-state index contributed by atoms with van der Waals surface area (Å²) in [6.45, 7) is 9.32. The lowest BCUT2D eigenvalue weighted by atomic mass is 10.1.